The number of rotatable bonds is 5. The predicted molar refractivity (Wildman–Crippen MR) is 92.5 cm³/mol. The van der Waals surface area contributed by atoms with Crippen LogP contribution >= 0.6 is 0 Å². The maximum atomic E-state index is 15.5. The van der Waals surface area contributed by atoms with Gasteiger partial charge in [0, 0.05) is 27.2 Å². The Morgan fingerprint density at radius 2 is 1.00 bits per heavy atom. The standard InChI is InChI=1S/C12H33FOSi4/c1-14-18(10,11)12(15(2,3)4,16(5,6)7)17(8,9)13/h1-11H3. The molecule has 0 heterocycles. The van der Waals surface area contributed by atoms with E-state index in [1.165, 1.54) is 0 Å². The van der Waals surface area contributed by atoms with Gasteiger partial charge in [-0.2, -0.15) is 0 Å². The summed E-state index contributed by atoms with van der Waals surface area (Å²) in [7, 11) is -6.41. The summed E-state index contributed by atoms with van der Waals surface area (Å²) in [6.07, 6.45) is 0. The monoisotopic (exact) mass is 324 g/mol. The topological polar surface area (TPSA) is 9.23 Å². The molecule has 0 fully saturated rings. The average molecular weight is 325 g/mol. The molecule has 0 bridgehead atoms. The van der Waals surface area contributed by atoms with Gasteiger partial charge in [-0.1, -0.05) is 39.3 Å². The van der Waals surface area contributed by atoms with Crippen molar-refractivity contribution in [3.8, 4) is 0 Å². The largest absolute Gasteiger partial charge is 0.421 e. The smallest absolute Gasteiger partial charge is 0.241 e. The van der Waals surface area contributed by atoms with Gasteiger partial charge in [0.25, 0.3) is 0 Å². The molecular weight excluding hydrogens is 291 g/mol. The van der Waals surface area contributed by atoms with Crippen LogP contribution in [0.3, 0.4) is 0 Å². The first-order valence-electron chi connectivity index (χ1n) is 6.80. The molecule has 0 amide bonds. The van der Waals surface area contributed by atoms with Gasteiger partial charge in [0.2, 0.25) is 8.41 Å². The normalized spacial score (nSPS) is 16.0. The SMILES string of the molecule is CO[Si](C)(C)C([Si](C)(C)C)([Si](C)(C)C)[Si](C)(C)F. The van der Waals surface area contributed by atoms with Crippen LogP contribution in [0.4, 0.5) is 4.11 Å². The second-order valence-electron chi connectivity index (χ2n) is 8.44. The highest BCUT2D eigenvalue weighted by atomic mass is 28.5. The Morgan fingerprint density at radius 1 is 0.722 bits per heavy atom. The van der Waals surface area contributed by atoms with Gasteiger partial charge in [0.1, 0.15) is 0 Å². The van der Waals surface area contributed by atoms with Gasteiger partial charge in [-0.25, -0.2) is 0 Å². The molecule has 6 heteroatoms. The van der Waals surface area contributed by atoms with Gasteiger partial charge >= 0.3 is 0 Å². The second kappa shape index (κ2) is 4.94. The first-order valence-corrected chi connectivity index (χ1v) is 19.6. The van der Waals surface area contributed by atoms with Crippen molar-refractivity contribution in [3.05, 3.63) is 0 Å². The van der Waals surface area contributed by atoms with Crippen LogP contribution in [0.25, 0.3) is 0 Å². The summed E-state index contributed by atoms with van der Waals surface area (Å²) in [6, 6.07) is 0. The zero-order valence-corrected chi connectivity index (χ0v) is 18.3. The van der Waals surface area contributed by atoms with E-state index in [0.29, 0.717) is 0 Å². The molecule has 0 saturated carbocycles. The molecule has 0 aromatic rings. The molecule has 0 aromatic carbocycles. The van der Waals surface area contributed by atoms with Crippen molar-refractivity contribution < 1.29 is 8.53 Å². The minimum atomic E-state index is -2.80. The Morgan fingerprint density at radius 3 is 1.06 bits per heavy atom. The third-order valence-corrected chi connectivity index (χ3v) is 37.9. The number of hydrogen-bond acceptors (Lipinski definition) is 1. The van der Waals surface area contributed by atoms with Gasteiger partial charge in [0.05, 0.1) is 0 Å². The van der Waals surface area contributed by atoms with E-state index < -0.39 is 32.9 Å². The van der Waals surface area contributed by atoms with Crippen molar-refractivity contribution >= 4 is 32.9 Å². The Balaban J connectivity index is 6.47. The fourth-order valence-corrected chi connectivity index (χ4v) is 50.3. The predicted octanol–water partition coefficient (Wildman–Crippen LogP) is 5.05. The van der Waals surface area contributed by atoms with Crippen molar-refractivity contribution in [1.29, 1.82) is 0 Å². The van der Waals surface area contributed by atoms with Gasteiger partial charge in [-0.15, -0.1) is 0 Å². The van der Waals surface area contributed by atoms with Crippen molar-refractivity contribution in [3.63, 3.8) is 0 Å². The van der Waals surface area contributed by atoms with Crippen molar-refractivity contribution in [1.82, 2.24) is 0 Å². The van der Waals surface area contributed by atoms with E-state index in [2.05, 4.69) is 52.4 Å². The minimum Gasteiger partial charge on any atom is -0.421 e. The lowest BCUT2D eigenvalue weighted by molar-refractivity contribution is 0.399. The van der Waals surface area contributed by atoms with Crippen LogP contribution in [0.1, 0.15) is 0 Å². The van der Waals surface area contributed by atoms with Crippen LogP contribution in [0.2, 0.25) is 69.4 Å². The molecule has 0 rings (SSSR count). The van der Waals surface area contributed by atoms with Crippen molar-refractivity contribution in [2.24, 2.45) is 0 Å². The van der Waals surface area contributed by atoms with E-state index in [1.54, 1.807) is 7.11 Å². The van der Waals surface area contributed by atoms with Crippen molar-refractivity contribution in [2.75, 3.05) is 7.11 Å². The van der Waals surface area contributed by atoms with E-state index in [-0.39, 0.29) is 3.91 Å². The quantitative estimate of drug-likeness (QED) is 0.508. The zero-order chi connectivity index (χ0) is 15.2. The number of hydrogen-bond donors (Lipinski definition) is 0. The van der Waals surface area contributed by atoms with E-state index >= 15 is 4.11 Å². The van der Waals surface area contributed by atoms with Gasteiger partial charge in [-0.3, -0.25) is 0 Å². The van der Waals surface area contributed by atoms with E-state index in [4.69, 9.17) is 4.43 Å². The summed E-state index contributed by atoms with van der Waals surface area (Å²) in [6.45, 7) is 22.5. The average Bonchev–Trinajstić information content (AvgIpc) is 1.94. The fraction of sp³-hybridized carbons (Fsp3) is 1.00. The maximum absolute atomic E-state index is 15.5. The third-order valence-electron chi connectivity index (χ3n) is 4.56. The molecule has 0 aliphatic rings. The second-order valence-corrected chi connectivity index (χ2v) is 29.8. The van der Waals surface area contributed by atoms with Crippen LogP contribution in [-0.4, -0.2) is 40.0 Å². The van der Waals surface area contributed by atoms with Crippen molar-refractivity contribution in [2.45, 2.75) is 69.4 Å². The Hall–Kier alpha value is 0.758. The minimum absolute atomic E-state index is 0.0747. The molecular formula is C12H33FOSi4. The van der Waals surface area contributed by atoms with Gasteiger partial charge < -0.3 is 8.53 Å². The summed E-state index contributed by atoms with van der Waals surface area (Å²) in [4.78, 5) is 0. The molecule has 0 aliphatic heterocycles. The highest BCUT2D eigenvalue weighted by Crippen LogP contribution is 2.60. The molecule has 0 aliphatic carbocycles. The molecule has 0 aromatic heterocycles. The summed E-state index contributed by atoms with van der Waals surface area (Å²) in [5.41, 5.74) is 0. The molecule has 0 spiro atoms. The summed E-state index contributed by atoms with van der Waals surface area (Å²) >= 11 is 0. The third kappa shape index (κ3) is 2.63. The zero-order valence-electron chi connectivity index (χ0n) is 14.3. The molecule has 1 nitrogen and oxygen atoms in total. The summed E-state index contributed by atoms with van der Waals surface area (Å²) in [5, 5.41) is 0. The van der Waals surface area contributed by atoms with Crippen LogP contribution in [0.15, 0.2) is 0 Å². The lowest BCUT2D eigenvalue weighted by Gasteiger charge is -2.62. The number of halogens is 1. The highest BCUT2D eigenvalue weighted by Gasteiger charge is 2.71. The molecule has 0 saturated heterocycles. The fourth-order valence-electron chi connectivity index (χ4n) is 5.58. The van der Waals surface area contributed by atoms with E-state index in [0.717, 1.165) is 0 Å². The van der Waals surface area contributed by atoms with Crippen LogP contribution in [0.5, 0.6) is 0 Å². The summed E-state index contributed by atoms with van der Waals surface area (Å²) < 4.78 is 21.5. The van der Waals surface area contributed by atoms with E-state index in [9.17, 15) is 0 Å². The van der Waals surface area contributed by atoms with E-state index in [1.807, 2.05) is 13.1 Å². The molecule has 110 valence electrons. The van der Waals surface area contributed by atoms with Gasteiger partial charge in [-0.05, 0) is 26.2 Å². The maximum Gasteiger partial charge on any atom is 0.241 e. The first kappa shape index (κ1) is 18.8. The van der Waals surface area contributed by atoms with Crippen LogP contribution < -0.4 is 0 Å². The first-order chi connectivity index (χ1) is 7.56. The Kier molecular flexibility index (Phi) is 5.15. The molecule has 0 unspecified atom stereocenters. The lowest BCUT2D eigenvalue weighted by atomic mass is 11.6. The molecule has 0 atom stereocenters. The highest BCUT2D eigenvalue weighted by molar-refractivity contribution is 7.27. The molecule has 0 N–H and O–H groups in total. The molecule has 0 radical (unpaired) electrons. The summed E-state index contributed by atoms with van der Waals surface area (Å²) in [5.74, 6) is 0. The Labute approximate surface area is 118 Å². The molecule has 18 heavy (non-hydrogen) atoms. The van der Waals surface area contributed by atoms with Crippen LogP contribution in [-0.2, 0) is 4.43 Å². The Bertz CT molecular complexity index is 261. The van der Waals surface area contributed by atoms with Gasteiger partial charge in [0.15, 0.2) is 8.32 Å². The lowest BCUT2D eigenvalue weighted by Crippen LogP contribution is -2.76. The van der Waals surface area contributed by atoms with Crippen LogP contribution in [0, 0.1) is 0 Å².